The normalized spacial score (nSPS) is 10.1. The van der Waals surface area contributed by atoms with Crippen molar-refractivity contribution in [1.29, 1.82) is 10.5 Å². The monoisotopic (exact) mass is 368 g/mol. The second-order valence-corrected chi connectivity index (χ2v) is 6.72. The fourth-order valence-corrected chi connectivity index (χ4v) is 2.83. The van der Waals surface area contributed by atoms with E-state index in [1.807, 2.05) is 98.7 Å². The largest absolute Gasteiger partial charge is 0.378 e. The van der Waals surface area contributed by atoms with E-state index in [0.29, 0.717) is 11.4 Å². The number of rotatable bonds is 4. The fraction of sp³-hybridized carbons (Fsp3) is 0.182. The highest BCUT2D eigenvalue weighted by atomic mass is 15.1. The predicted octanol–water partition coefficient (Wildman–Crippen LogP) is 3.69. The summed E-state index contributed by atoms with van der Waals surface area (Å²) < 4.78 is 0. The van der Waals surface area contributed by atoms with Crippen molar-refractivity contribution in [2.24, 2.45) is 0 Å². The van der Waals surface area contributed by atoms with Crippen LogP contribution in [-0.4, -0.2) is 38.2 Å². The first-order chi connectivity index (χ1) is 13.4. The average molecular weight is 368 g/mol. The Morgan fingerprint density at radius 1 is 0.607 bits per heavy atom. The molecule has 3 aromatic rings. The third-order valence-electron chi connectivity index (χ3n) is 4.42. The maximum absolute atomic E-state index is 9.38. The Hall–Kier alpha value is -3.90. The van der Waals surface area contributed by atoms with Crippen LogP contribution in [0.15, 0.2) is 48.5 Å². The van der Waals surface area contributed by atoms with Gasteiger partial charge in [-0.05, 0) is 24.3 Å². The van der Waals surface area contributed by atoms with E-state index in [1.165, 1.54) is 0 Å². The van der Waals surface area contributed by atoms with Gasteiger partial charge in [0.1, 0.15) is 12.1 Å². The molecule has 1 aromatic heterocycles. The molecule has 3 rings (SSSR count). The average Bonchev–Trinajstić information content (AvgIpc) is 2.72. The third-order valence-corrected chi connectivity index (χ3v) is 4.42. The molecular weight excluding hydrogens is 348 g/mol. The lowest BCUT2D eigenvalue weighted by molar-refractivity contribution is 1.12. The van der Waals surface area contributed by atoms with Gasteiger partial charge in [0.05, 0.1) is 11.4 Å². The molecule has 0 atom stereocenters. The molecular formula is C22H20N6. The van der Waals surface area contributed by atoms with Crippen molar-refractivity contribution in [3.05, 3.63) is 59.9 Å². The Morgan fingerprint density at radius 2 is 0.929 bits per heavy atom. The molecule has 0 aliphatic carbocycles. The molecule has 0 saturated carbocycles. The molecule has 2 aromatic carbocycles. The first-order valence-electron chi connectivity index (χ1n) is 8.72. The minimum atomic E-state index is 0.0304. The molecule has 0 aliphatic heterocycles. The Morgan fingerprint density at radius 3 is 1.18 bits per heavy atom. The molecule has 0 N–H and O–H groups in total. The van der Waals surface area contributed by atoms with E-state index in [2.05, 4.69) is 9.97 Å². The minimum absolute atomic E-state index is 0.0304. The summed E-state index contributed by atoms with van der Waals surface area (Å²) in [6, 6.07) is 19.7. The molecule has 0 aliphatic rings. The zero-order chi connectivity index (χ0) is 20.3. The van der Waals surface area contributed by atoms with E-state index in [1.54, 1.807) is 0 Å². The molecule has 1 heterocycles. The Labute approximate surface area is 164 Å². The van der Waals surface area contributed by atoms with Gasteiger partial charge >= 0.3 is 0 Å². The number of nitrogens with zero attached hydrogens (tertiary/aromatic N) is 6. The van der Waals surface area contributed by atoms with Crippen LogP contribution in [0.3, 0.4) is 0 Å². The zero-order valence-corrected chi connectivity index (χ0v) is 16.3. The maximum atomic E-state index is 9.38. The lowest BCUT2D eigenvalue weighted by Crippen LogP contribution is -2.08. The Balaban J connectivity index is 2.20. The summed E-state index contributed by atoms with van der Waals surface area (Å²) in [5, 5.41) is 18.8. The van der Waals surface area contributed by atoms with Gasteiger partial charge in [-0.25, -0.2) is 9.97 Å². The number of nitriles is 2. The summed E-state index contributed by atoms with van der Waals surface area (Å²) in [4.78, 5) is 13.0. The summed E-state index contributed by atoms with van der Waals surface area (Å²) in [6.07, 6.45) is 0. The van der Waals surface area contributed by atoms with Gasteiger partial charge in [-0.15, -0.1) is 0 Å². The van der Waals surface area contributed by atoms with E-state index in [4.69, 9.17) is 0 Å². The number of benzene rings is 2. The standard InChI is InChI=1S/C22H20N6/c1-27(2)17-9-5-15(6-10-17)21-22(26-20(14-24)19(13-23)25-21)16-7-11-18(12-8-16)28(3)4/h5-12H,1-4H3. The Bertz CT molecular complexity index is 980. The molecule has 0 radical (unpaired) electrons. The van der Waals surface area contributed by atoms with E-state index < -0.39 is 0 Å². The SMILES string of the molecule is CN(C)c1ccc(-c2nc(C#N)c(C#N)nc2-c2ccc(N(C)C)cc2)cc1. The fourth-order valence-electron chi connectivity index (χ4n) is 2.83. The second-order valence-electron chi connectivity index (χ2n) is 6.72. The summed E-state index contributed by atoms with van der Waals surface area (Å²) in [6.45, 7) is 0. The number of hydrogen-bond donors (Lipinski definition) is 0. The van der Waals surface area contributed by atoms with Crippen molar-refractivity contribution < 1.29 is 0 Å². The number of anilines is 2. The van der Waals surface area contributed by atoms with E-state index in [-0.39, 0.29) is 11.4 Å². The van der Waals surface area contributed by atoms with Gasteiger partial charge in [0.25, 0.3) is 0 Å². The lowest BCUT2D eigenvalue weighted by atomic mass is 10.0. The number of aromatic nitrogens is 2. The van der Waals surface area contributed by atoms with Crippen molar-refractivity contribution >= 4 is 11.4 Å². The van der Waals surface area contributed by atoms with Crippen molar-refractivity contribution in [2.75, 3.05) is 38.0 Å². The lowest BCUT2D eigenvalue weighted by Gasteiger charge is -2.15. The molecule has 0 amide bonds. The van der Waals surface area contributed by atoms with Crippen molar-refractivity contribution in [1.82, 2.24) is 9.97 Å². The van der Waals surface area contributed by atoms with E-state index in [0.717, 1.165) is 22.5 Å². The molecule has 138 valence electrons. The highest BCUT2D eigenvalue weighted by molar-refractivity contribution is 5.80. The van der Waals surface area contributed by atoms with Crippen LogP contribution in [-0.2, 0) is 0 Å². The summed E-state index contributed by atoms with van der Waals surface area (Å²) in [7, 11) is 7.90. The molecule has 6 heteroatoms. The van der Waals surface area contributed by atoms with Gasteiger partial charge < -0.3 is 9.80 Å². The molecule has 28 heavy (non-hydrogen) atoms. The Kier molecular flexibility index (Phi) is 5.24. The van der Waals surface area contributed by atoms with E-state index >= 15 is 0 Å². The van der Waals surface area contributed by atoms with Crippen molar-refractivity contribution in [3.63, 3.8) is 0 Å². The summed E-state index contributed by atoms with van der Waals surface area (Å²) in [5.41, 5.74) is 5.02. The summed E-state index contributed by atoms with van der Waals surface area (Å²) >= 11 is 0. The molecule has 0 spiro atoms. The van der Waals surface area contributed by atoms with Crippen molar-refractivity contribution in [3.8, 4) is 34.7 Å². The third kappa shape index (κ3) is 3.62. The van der Waals surface area contributed by atoms with Crippen LogP contribution >= 0.6 is 0 Å². The van der Waals surface area contributed by atoms with Crippen LogP contribution in [0.1, 0.15) is 11.4 Å². The second kappa shape index (κ2) is 7.77. The highest BCUT2D eigenvalue weighted by Gasteiger charge is 2.17. The topological polar surface area (TPSA) is 79.8 Å². The van der Waals surface area contributed by atoms with Crippen LogP contribution in [0, 0.1) is 22.7 Å². The highest BCUT2D eigenvalue weighted by Crippen LogP contribution is 2.31. The minimum Gasteiger partial charge on any atom is -0.378 e. The van der Waals surface area contributed by atoms with Crippen LogP contribution in [0.5, 0.6) is 0 Å². The maximum Gasteiger partial charge on any atom is 0.177 e. The van der Waals surface area contributed by atoms with E-state index in [9.17, 15) is 10.5 Å². The van der Waals surface area contributed by atoms with Gasteiger partial charge in [0.15, 0.2) is 11.4 Å². The van der Waals surface area contributed by atoms with Crippen molar-refractivity contribution in [2.45, 2.75) is 0 Å². The van der Waals surface area contributed by atoms with Crippen LogP contribution < -0.4 is 9.80 Å². The van der Waals surface area contributed by atoms with Crippen LogP contribution in [0.4, 0.5) is 11.4 Å². The number of hydrogen-bond acceptors (Lipinski definition) is 6. The molecule has 0 fully saturated rings. The van der Waals surface area contributed by atoms with Gasteiger partial charge in [-0.2, -0.15) is 10.5 Å². The molecule has 0 bridgehead atoms. The van der Waals surface area contributed by atoms with Gasteiger partial charge in [-0.1, -0.05) is 24.3 Å². The predicted molar refractivity (Wildman–Crippen MR) is 111 cm³/mol. The van der Waals surface area contributed by atoms with Gasteiger partial charge in [0, 0.05) is 50.7 Å². The smallest absolute Gasteiger partial charge is 0.177 e. The molecule has 6 nitrogen and oxygen atoms in total. The zero-order valence-electron chi connectivity index (χ0n) is 16.3. The van der Waals surface area contributed by atoms with Gasteiger partial charge in [-0.3, -0.25) is 0 Å². The van der Waals surface area contributed by atoms with Crippen LogP contribution in [0.2, 0.25) is 0 Å². The summed E-state index contributed by atoms with van der Waals surface area (Å²) in [5.74, 6) is 0. The molecule has 0 saturated heterocycles. The first kappa shape index (κ1) is 18.9. The molecule has 0 unspecified atom stereocenters. The van der Waals surface area contributed by atoms with Gasteiger partial charge in [0.2, 0.25) is 0 Å². The van der Waals surface area contributed by atoms with Crippen LogP contribution in [0.25, 0.3) is 22.5 Å². The quantitative estimate of drug-likeness (QED) is 0.699. The first-order valence-corrected chi connectivity index (χ1v) is 8.72.